The van der Waals surface area contributed by atoms with Crippen LogP contribution in [0.4, 0.5) is 0 Å². The van der Waals surface area contributed by atoms with Gasteiger partial charge in [-0.25, -0.2) is 0 Å². The number of hydrogen-bond donors (Lipinski definition) is 1. The summed E-state index contributed by atoms with van der Waals surface area (Å²) in [6.07, 6.45) is 2.00. The largest absolute Gasteiger partial charge is 0.496 e. The van der Waals surface area contributed by atoms with E-state index in [1.165, 1.54) is 4.80 Å². The molecule has 0 aliphatic carbocycles. The van der Waals surface area contributed by atoms with Crippen molar-refractivity contribution in [2.24, 2.45) is 7.05 Å². The zero-order valence-corrected chi connectivity index (χ0v) is 15.7. The van der Waals surface area contributed by atoms with Gasteiger partial charge in [-0.15, -0.1) is 10.2 Å². The van der Waals surface area contributed by atoms with Gasteiger partial charge in [0.1, 0.15) is 5.75 Å². The minimum Gasteiger partial charge on any atom is -0.496 e. The van der Waals surface area contributed by atoms with Crippen LogP contribution in [0.25, 0.3) is 22.3 Å². The van der Waals surface area contributed by atoms with Crippen molar-refractivity contribution >= 4 is 16.8 Å². The summed E-state index contributed by atoms with van der Waals surface area (Å²) < 4.78 is 7.49. The monoisotopic (exact) mass is 376 g/mol. The first-order valence-electron chi connectivity index (χ1n) is 8.90. The third-order valence-corrected chi connectivity index (χ3v) is 4.55. The van der Waals surface area contributed by atoms with Gasteiger partial charge in [0, 0.05) is 35.8 Å². The van der Waals surface area contributed by atoms with Crippen molar-refractivity contribution in [1.29, 1.82) is 0 Å². The van der Waals surface area contributed by atoms with Crippen LogP contribution in [0.1, 0.15) is 10.4 Å². The van der Waals surface area contributed by atoms with E-state index in [0.29, 0.717) is 24.5 Å². The highest BCUT2D eigenvalue weighted by molar-refractivity contribution is 5.94. The predicted octanol–water partition coefficient (Wildman–Crippen LogP) is 2.27. The molecule has 0 aliphatic rings. The SMILES string of the molecule is COc1cccc2c1ccn2CCNC(=O)c1ccc(-c2nnn(C)n2)cc1. The van der Waals surface area contributed by atoms with E-state index in [9.17, 15) is 4.79 Å². The van der Waals surface area contributed by atoms with Crippen molar-refractivity contribution in [3.05, 3.63) is 60.3 Å². The maximum absolute atomic E-state index is 12.4. The summed E-state index contributed by atoms with van der Waals surface area (Å²) in [6.45, 7) is 1.19. The second-order valence-corrected chi connectivity index (χ2v) is 6.34. The lowest BCUT2D eigenvalue weighted by Gasteiger charge is -2.09. The van der Waals surface area contributed by atoms with Crippen molar-refractivity contribution in [1.82, 2.24) is 30.1 Å². The summed E-state index contributed by atoms with van der Waals surface area (Å²) in [4.78, 5) is 13.8. The maximum Gasteiger partial charge on any atom is 0.251 e. The quantitative estimate of drug-likeness (QED) is 0.558. The maximum atomic E-state index is 12.4. The molecule has 0 aliphatic heterocycles. The molecule has 4 rings (SSSR count). The highest BCUT2D eigenvalue weighted by Gasteiger charge is 2.09. The topological polar surface area (TPSA) is 86.9 Å². The van der Waals surface area contributed by atoms with E-state index in [0.717, 1.165) is 22.2 Å². The zero-order chi connectivity index (χ0) is 19.5. The van der Waals surface area contributed by atoms with Crippen LogP contribution < -0.4 is 10.1 Å². The van der Waals surface area contributed by atoms with Gasteiger partial charge in [-0.05, 0) is 35.5 Å². The minimum atomic E-state index is -0.118. The Bertz CT molecular complexity index is 1110. The Morgan fingerprint density at radius 3 is 2.68 bits per heavy atom. The lowest BCUT2D eigenvalue weighted by molar-refractivity contribution is 0.0952. The molecule has 0 saturated carbocycles. The summed E-state index contributed by atoms with van der Waals surface area (Å²) in [5.74, 6) is 1.26. The van der Waals surface area contributed by atoms with Crippen LogP contribution in [0, 0.1) is 0 Å². The molecule has 0 radical (unpaired) electrons. The average molecular weight is 376 g/mol. The Morgan fingerprint density at radius 2 is 1.96 bits per heavy atom. The normalized spacial score (nSPS) is 10.9. The van der Waals surface area contributed by atoms with Gasteiger partial charge in [0.2, 0.25) is 5.82 Å². The number of hydrogen-bond acceptors (Lipinski definition) is 5. The number of fused-ring (bicyclic) bond motifs is 1. The highest BCUT2D eigenvalue weighted by atomic mass is 16.5. The number of nitrogens with zero attached hydrogens (tertiary/aromatic N) is 5. The minimum absolute atomic E-state index is 0.118. The molecule has 2 aromatic carbocycles. The Morgan fingerprint density at radius 1 is 1.14 bits per heavy atom. The van der Waals surface area contributed by atoms with Gasteiger partial charge in [0.05, 0.1) is 19.7 Å². The number of aromatic nitrogens is 5. The van der Waals surface area contributed by atoms with Crippen LogP contribution in [0.2, 0.25) is 0 Å². The predicted molar refractivity (Wildman–Crippen MR) is 105 cm³/mol. The van der Waals surface area contributed by atoms with E-state index in [2.05, 4.69) is 25.3 Å². The fourth-order valence-corrected chi connectivity index (χ4v) is 3.13. The molecule has 142 valence electrons. The van der Waals surface area contributed by atoms with Crippen molar-refractivity contribution in [2.75, 3.05) is 13.7 Å². The molecule has 0 atom stereocenters. The molecule has 0 unspecified atom stereocenters. The summed E-state index contributed by atoms with van der Waals surface area (Å²) in [5, 5.41) is 15.9. The number of aryl methyl sites for hydroxylation is 1. The van der Waals surface area contributed by atoms with Gasteiger partial charge in [-0.3, -0.25) is 4.79 Å². The van der Waals surface area contributed by atoms with Gasteiger partial charge < -0.3 is 14.6 Å². The fourth-order valence-electron chi connectivity index (χ4n) is 3.13. The average Bonchev–Trinajstić information content (AvgIpc) is 3.34. The van der Waals surface area contributed by atoms with Crippen LogP contribution >= 0.6 is 0 Å². The first kappa shape index (κ1) is 17.7. The Labute approximate surface area is 161 Å². The molecule has 4 aromatic rings. The molecule has 0 saturated heterocycles. The number of ether oxygens (including phenoxy) is 1. The van der Waals surface area contributed by atoms with E-state index in [4.69, 9.17) is 4.74 Å². The van der Waals surface area contributed by atoms with Crippen molar-refractivity contribution < 1.29 is 9.53 Å². The van der Waals surface area contributed by atoms with Crippen molar-refractivity contribution in [2.45, 2.75) is 6.54 Å². The number of amides is 1. The lowest BCUT2D eigenvalue weighted by atomic mass is 10.1. The molecular formula is C20H20N6O2. The summed E-state index contributed by atoms with van der Waals surface area (Å²) in [5.41, 5.74) is 2.48. The van der Waals surface area contributed by atoms with Crippen LogP contribution in [-0.2, 0) is 13.6 Å². The van der Waals surface area contributed by atoms with E-state index in [1.54, 1.807) is 26.3 Å². The molecule has 8 heteroatoms. The number of rotatable bonds is 6. The molecule has 2 heterocycles. The van der Waals surface area contributed by atoms with Gasteiger partial charge in [-0.2, -0.15) is 4.80 Å². The third-order valence-electron chi connectivity index (χ3n) is 4.55. The van der Waals surface area contributed by atoms with Gasteiger partial charge in [0.15, 0.2) is 0 Å². The fraction of sp³-hybridized carbons (Fsp3) is 0.200. The number of methoxy groups -OCH3 is 1. The third kappa shape index (κ3) is 3.44. The first-order chi connectivity index (χ1) is 13.7. The Hall–Kier alpha value is -3.68. The summed E-state index contributed by atoms with van der Waals surface area (Å²) in [6, 6.07) is 15.1. The highest BCUT2D eigenvalue weighted by Crippen LogP contribution is 2.26. The van der Waals surface area contributed by atoms with Gasteiger partial charge in [0.25, 0.3) is 5.91 Å². The van der Waals surface area contributed by atoms with E-state index in [-0.39, 0.29) is 5.91 Å². The molecule has 8 nitrogen and oxygen atoms in total. The molecule has 1 N–H and O–H groups in total. The first-order valence-corrected chi connectivity index (χ1v) is 8.90. The smallest absolute Gasteiger partial charge is 0.251 e. The van der Waals surface area contributed by atoms with E-state index < -0.39 is 0 Å². The summed E-state index contributed by atoms with van der Waals surface area (Å²) in [7, 11) is 3.38. The second-order valence-electron chi connectivity index (χ2n) is 6.34. The van der Waals surface area contributed by atoms with Crippen LogP contribution in [0.5, 0.6) is 5.75 Å². The number of nitrogens with one attached hydrogen (secondary N) is 1. The molecule has 0 spiro atoms. The van der Waals surface area contributed by atoms with Crippen LogP contribution in [0.15, 0.2) is 54.7 Å². The van der Waals surface area contributed by atoms with Gasteiger partial charge in [-0.1, -0.05) is 18.2 Å². The van der Waals surface area contributed by atoms with E-state index >= 15 is 0 Å². The zero-order valence-electron chi connectivity index (χ0n) is 15.7. The molecule has 2 aromatic heterocycles. The Kier molecular flexibility index (Phi) is 4.76. The second kappa shape index (κ2) is 7.51. The number of carbonyl (C=O) groups is 1. The van der Waals surface area contributed by atoms with E-state index in [1.807, 2.05) is 42.6 Å². The van der Waals surface area contributed by atoms with Crippen molar-refractivity contribution in [3.63, 3.8) is 0 Å². The summed E-state index contributed by atoms with van der Waals surface area (Å²) >= 11 is 0. The number of tetrazole rings is 1. The van der Waals surface area contributed by atoms with Gasteiger partial charge >= 0.3 is 0 Å². The number of benzene rings is 2. The molecular weight excluding hydrogens is 356 g/mol. The molecule has 1 amide bonds. The molecule has 28 heavy (non-hydrogen) atoms. The van der Waals surface area contributed by atoms with Crippen LogP contribution in [-0.4, -0.2) is 44.3 Å². The molecule has 0 fully saturated rings. The molecule has 0 bridgehead atoms. The Balaban J connectivity index is 1.38. The van der Waals surface area contributed by atoms with Crippen LogP contribution in [0.3, 0.4) is 0 Å². The van der Waals surface area contributed by atoms with Crippen molar-refractivity contribution in [3.8, 4) is 17.1 Å². The number of carbonyl (C=O) groups excluding carboxylic acids is 1. The lowest BCUT2D eigenvalue weighted by Crippen LogP contribution is -2.27. The standard InChI is InChI=1S/C20H20N6O2/c1-25-23-19(22-24-25)14-6-8-15(9-7-14)20(27)21-11-13-26-12-10-16-17(26)4-3-5-18(16)28-2/h3-10,12H,11,13H2,1-2H3,(H,21,27).